The van der Waals surface area contributed by atoms with Gasteiger partial charge in [0.25, 0.3) is 5.91 Å². The van der Waals surface area contributed by atoms with Crippen molar-refractivity contribution >= 4 is 34.9 Å². The zero-order chi connectivity index (χ0) is 23.5. The molecular formula is C24H26Cl2N6O. The van der Waals surface area contributed by atoms with Crippen molar-refractivity contribution in [1.29, 1.82) is 0 Å². The number of nitrogens with two attached hydrogens (primary N) is 1. The highest BCUT2D eigenvalue weighted by Gasteiger charge is 2.26. The average molecular weight is 485 g/mol. The molecule has 0 aliphatic carbocycles. The molecule has 1 amide bonds. The van der Waals surface area contributed by atoms with Crippen LogP contribution in [0.5, 0.6) is 0 Å². The van der Waals surface area contributed by atoms with Crippen LogP contribution in [0.25, 0.3) is 22.4 Å². The Hall–Kier alpha value is -2.74. The molecule has 3 aromatic rings. The lowest BCUT2D eigenvalue weighted by Gasteiger charge is -2.34. The Bertz CT molecular complexity index is 1140. The monoisotopic (exact) mass is 484 g/mol. The van der Waals surface area contributed by atoms with E-state index in [1.165, 1.54) is 6.33 Å². The summed E-state index contributed by atoms with van der Waals surface area (Å²) in [5.74, 6) is 0.288. The first-order chi connectivity index (χ1) is 15.9. The highest BCUT2D eigenvalue weighted by atomic mass is 35.5. The smallest absolute Gasteiger partial charge is 0.256 e. The Labute approximate surface area is 203 Å². The minimum absolute atomic E-state index is 0.146. The van der Waals surface area contributed by atoms with E-state index in [9.17, 15) is 4.79 Å². The Kier molecular flexibility index (Phi) is 7.12. The first-order valence-electron chi connectivity index (χ1n) is 11.0. The van der Waals surface area contributed by atoms with Gasteiger partial charge < -0.3 is 15.5 Å². The van der Waals surface area contributed by atoms with E-state index in [-0.39, 0.29) is 5.91 Å². The minimum Gasteiger partial charge on any atom is -0.384 e. The topological polar surface area (TPSA) is 88.2 Å². The van der Waals surface area contributed by atoms with E-state index in [0.717, 1.165) is 36.5 Å². The van der Waals surface area contributed by atoms with Crippen molar-refractivity contribution < 1.29 is 4.79 Å². The molecule has 2 aromatic heterocycles. The van der Waals surface area contributed by atoms with Gasteiger partial charge in [0.1, 0.15) is 12.1 Å². The van der Waals surface area contributed by atoms with Gasteiger partial charge >= 0.3 is 0 Å². The van der Waals surface area contributed by atoms with Gasteiger partial charge in [-0.25, -0.2) is 15.0 Å². The summed E-state index contributed by atoms with van der Waals surface area (Å²) >= 11 is 13.3. The number of hydrogen-bond donors (Lipinski definition) is 1. The van der Waals surface area contributed by atoms with Crippen molar-refractivity contribution in [2.24, 2.45) is 0 Å². The average Bonchev–Trinajstić information content (AvgIpc) is 2.83. The summed E-state index contributed by atoms with van der Waals surface area (Å²) < 4.78 is 0. The molecule has 1 aromatic carbocycles. The zero-order valence-electron chi connectivity index (χ0n) is 18.7. The summed E-state index contributed by atoms with van der Waals surface area (Å²) in [5, 5.41) is 0.608. The highest BCUT2D eigenvalue weighted by molar-refractivity contribution is 6.40. The lowest BCUT2D eigenvalue weighted by atomic mass is 9.97. The fourth-order valence-corrected chi connectivity index (χ4v) is 4.75. The summed E-state index contributed by atoms with van der Waals surface area (Å²) in [6, 6.07) is 7.13. The lowest BCUT2D eigenvalue weighted by molar-refractivity contribution is 0.0644. The van der Waals surface area contributed by atoms with Crippen molar-refractivity contribution in [2.45, 2.75) is 20.3 Å². The Morgan fingerprint density at radius 1 is 1.00 bits per heavy atom. The number of nitrogens with zero attached hydrogens (tertiary/aromatic N) is 5. The van der Waals surface area contributed by atoms with Gasteiger partial charge in [-0.3, -0.25) is 4.79 Å². The van der Waals surface area contributed by atoms with Crippen LogP contribution in [0.15, 0.2) is 36.8 Å². The van der Waals surface area contributed by atoms with Crippen LogP contribution in [0.2, 0.25) is 10.0 Å². The van der Waals surface area contributed by atoms with Gasteiger partial charge in [0.15, 0.2) is 0 Å². The zero-order valence-corrected chi connectivity index (χ0v) is 20.2. The number of carbonyl (C=O) groups is 1. The van der Waals surface area contributed by atoms with Crippen molar-refractivity contribution in [2.75, 3.05) is 38.5 Å². The van der Waals surface area contributed by atoms with Crippen LogP contribution in [0.1, 0.15) is 29.9 Å². The number of nitrogen functional groups attached to an aromatic ring is 1. The molecule has 2 N–H and O–H groups in total. The molecule has 0 atom stereocenters. The number of carbonyl (C=O) groups excluding carboxylic acids is 1. The van der Waals surface area contributed by atoms with Crippen LogP contribution in [0.3, 0.4) is 0 Å². The van der Waals surface area contributed by atoms with Gasteiger partial charge in [-0.15, -0.1) is 0 Å². The molecule has 9 heteroatoms. The van der Waals surface area contributed by atoms with Gasteiger partial charge in [-0.05, 0) is 37.2 Å². The van der Waals surface area contributed by atoms with Crippen LogP contribution in [-0.2, 0) is 6.42 Å². The number of amides is 1. The fourth-order valence-electron chi connectivity index (χ4n) is 4.10. The van der Waals surface area contributed by atoms with Gasteiger partial charge in [0, 0.05) is 49.1 Å². The third kappa shape index (κ3) is 4.81. The largest absolute Gasteiger partial charge is 0.384 e. The summed E-state index contributed by atoms with van der Waals surface area (Å²) in [7, 11) is 0. The van der Waals surface area contributed by atoms with E-state index in [1.54, 1.807) is 24.4 Å². The number of aryl methyl sites for hydroxylation is 1. The number of aromatic nitrogens is 3. The maximum atomic E-state index is 13.2. The van der Waals surface area contributed by atoms with E-state index < -0.39 is 0 Å². The van der Waals surface area contributed by atoms with Crippen molar-refractivity contribution in [3.8, 4) is 22.4 Å². The molecule has 1 aliphatic heterocycles. The second-order valence-electron chi connectivity index (χ2n) is 7.91. The minimum atomic E-state index is -0.146. The molecule has 0 unspecified atom stereocenters. The number of halogens is 2. The molecule has 0 bridgehead atoms. The first-order valence-corrected chi connectivity index (χ1v) is 11.7. The van der Waals surface area contributed by atoms with Crippen LogP contribution in [0, 0.1) is 0 Å². The Balaban J connectivity index is 1.73. The standard InChI is InChI=1S/C24H26Cl2N6O/c1-3-19-21(15-5-6-20(27)28-13-15)23(30-14-29-19)16-11-17(25)22(18(26)12-16)24(33)32-9-7-31(4-2)8-10-32/h5-6,11-14H,3-4,7-10H2,1-2H3,(H2,27,28). The van der Waals surface area contributed by atoms with Gasteiger partial charge in [-0.1, -0.05) is 37.0 Å². The number of pyridine rings is 1. The van der Waals surface area contributed by atoms with Crippen LogP contribution < -0.4 is 5.73 Å². The number of anilines is 1. The van der Waals surface area contributed by atoms with Gasteiger partial charge in [-0.2, -0.15) is 0 Å². The van der Waals surface area contributed by atoms with Gasteiger partial charge in [0.2, 0.25) is 0 Å². The predicted octanol–water partition coefficient (Wildman–Crippen LogP) is 4.43. The number of rotatable bonds is 5. The van der Waals surface area contributed by atoms with Crippen LogP contribution in [-0.4, -0.2) is 63.4 Å². The molecule has 172 valence electrons. The van der Waals surface area contributed by atoms with E-state index in [1.807, 2.05) is 17.9 Å². The molecule has 33 heavy (non-hydrogen) atoms. The number of likely N-dealkylation sites (N-methyl/N-ethyl adjacent to an activating group) is 1. The molecule has 7 nitrogen and oxygen atoms in total. The fraction of sp³-hybridized carbons (Fsp3) is 0.333. The molecule has 0 saturated carbocycles. The number of hydrogen-bond acceptors (Lipinski definition) is 6. The SMILES string of the molecule is CCc1ncnc(-c2cc(Cl)c(C(=O)N3CCN(CC)CC3)c(Cl)c2)c1-c1ccc(N)nc1. The van der Waals surface area contributed by atoms with Crippen molar-refractivity contribution in [3.05, 3.63) is 58.1 Å². The van der Waals surface area contributed by atoms with Crippen LogP contribution >= 0.6 is 23.2 Å². The number of piperazine rings is 1. The molecule has 0 radical (unpaired) electrons. The van der Waals surface area contributed by atoms with E-state index in [4.69, 9.17) is 28.9 Å². The number of benzene rings is 1. The van der Waals surface area contributed by atoms with E-state index in [2.05, 4.69) is 26.8 Å². The molecular weight excluding hydrogens is 459 g/mol. The highest BCUT2D eigenvalue weighted by Crippen LogP contribution is 2.37. The van der Waals surface area contributed by atoms with Crippen molar-refractivity contribution in [1.82, 2.24) is 24.8 Å². The normalized spacial score (nSPS) is 14.5. The first kappa shape index (κ1) is 23.4. The molecule has 3 heterocycles. The summed E-state index contributed by atoms with van der Waals surface area (Å²) in [6.45, 7) is 8.12. The van der Waals surface area contributed by atoms with E-state index in [0.29, 0.717) is 52.2 Å². The maximum Gasteiger partial charge on any atom is 0.256 e. The van der Waals surface area contributed by atoms with Gasteiger partial charge in [0.05, 0.1) is 27.0 Å². The summed E-state index contributed by atoms with van der Waals surface area (Å²) in [5.41, 5.74) is 10.0. The van der Waals surface area contributed by atoms with Crippen LogP contribution in [0.4, 0.5) is 5.82 Å². The van der Waals surface area contributed by atoms with E-state index >= 15 is 0 Å². The quantitative estimate of drug-likeness (QED) is 0.575. The summed E-state index contributed by atoms with van der Waals surface area (Å²) in [4.78, 5) is 30.5. The molecule has 0 spiro atoms. The third-order valence-electron chi connectivity index (χ3n) is 5.97. The van der Waals surface area contributed by atoms with Crippen molar-refractivity contribution in [3.63, 3.8) is 0 Å². The second kappa shape index (κ2) is 10.0. The maximum absolute atomic E-state index is 13.2. The lowest BCUT2D eigenvalue weighted by Crippen LogP contribution is -2.48. The predicted molar refractivity (Wildman–Crippen MR) is 133 cm³/mol. The Morgan fingerprint density at radius 2 is 1.70 bits per heavy atom. The third-order valence-corrected chi connectivity index (χ3v) is 6.57. The molecule has 1 aliphatic rings. The molecule has 1 saturated heterocycles. The second-order valence-corrected chi connectivity index (χ2v) is 8.73. The summed E-state index contributed by atoms with van der Waals surface area (Å²) in [6.07, 6.45) is 3.93. The molecule has 1 fully saturated rings. The Morgan fingerprint density at radius 3 is 2.27 bits per heavy atom. The molecule has 4 rings (SSSR count).